The smallest absolute Gasteiger partial charge is 0.406 e. The van der Waals surface area contributed by atoms with Crippen LogP contribution < -0.4 is 20.7 Å². The number of amides is 2. The van der Waals surface area contributed by atoms with Crippen molar-refractivity contribution in [3.63, 3.8) is 0 Å². The first-order valence-electron chi connectivity index (χ1n) is 8.46. The lowest BCUT2D eigenvalue weighted by Gasteiger charge is -2.19. The van der Waals surface area contributed by atoms with Crippen molar-refractivity contribution in [2.24, 2.45) is 11.7 Å². The standard InChI is InChI=1S/C17H20F3N3O3/c18-17(19,20)26-13-3-1-2-12(9-13)23-7-6-14(16(23)25)22-15(24)10-4-5-11(21)8-10/h1-3,9-11,14H,4-8,21H2,(H,22,24). The van der Waals surface area contributed by atoms with Crippen molar-refractivity contribution in [2.45, 2.75) is 44.1 Å². The van der Waals surface area contributed by atoms with Crippen LogP contribution in [0.3, 0.4) is 0 Å². The minimum absolute atomic E-state index is 0.0119. The lowest BCUT2D eigenvalue weighted by molar-refractivity contribution is -0.274. The number of benzene rings is 1. The molecule has 0 bridgehead atoms. The van der Waals surface area contributed by atoms with Crippen LogP contribution in [0.25, 0.3) is 0 Å². The molecule has 3 unspecified atom stereocenters. The Morgan fingerprint density at radius 2 is 2.04 bits per heavy atom. The normalized spacial score (nSPS) is 26.2. The minimum atomic E-state index is -4.80. The minimum Gasteiger partial charge on any atom is -0.406 e. The maximum atomic E-state index is 12.5. The Morgan fingerprint density at radius 1 is 1.27 bits per heavy atom. The average Bonchev–Trinajstić information content (AvgIpc) is 3.13. The van der Waals surface area contributed by atoms with Gasteiger partial charge in [0.1, 0.15) is 11.8 Å². The highest BCUT2D eigenvalue weighted by Gasteiger charge is 2.37. The largest absolute Gasteiger partial charge is 0.573 e. The lowest BCUT2D eigenvalue weighted by Crippen LogP contribution is -2.43. The van der Waals surface area contributed by atoms with Crippen LogP contribution in [0.2, 0.25) is 0 Å². The van der Waals surface area contributed by atoms with Crippen LogP contribution in [0.5, 0.6) is 5.75 Å². The fourth-order valence-electron chi connectivity index (χ4n) is 3.46. The Labute approximate surface area is 148 Å². The monoisotopic (exact) mass is 371 g/mol. The lowest BCUT2D eigenvalue weighted by atomic mass is 10.1. The molecule has 0 aromatic heterocycles. The number of hydrogen-bond acceptors (Lipinski definition) is 4. The quantitative estimate of drug-likeness (QED) is 0.847. The van der Waals surface area contributed by atoms with Gasteiger partial charge in [-0.1, -0.05) is 6.07 Å². The van der Waals surface area contributed by atoms with Gasteiger partial charge >= 0.3 is 6.36 Å². The number of nitrogens with two attached hydrogens (primary N) is 1. The van der Waals surface area contributed by atoms with E-state index in [9.17, 15) is 22.8 Å². The summed E-state index contributed by atoms with van der Waals surface area (Å²) in [5, 5.41) is 2.75. The Morgan fingerprint density at radius 3 is 2.69 bits per heavy atom. The molecule has 6 nitrogen and oxygen atoms in total. The molecule has 26 heavy (non-hydrogen) atoms. The summed E-state index contributed by atoms with van der Waals surface area (Å²) < 4.78 is 40.9. The fourth-order valence-corrected chi connectivity index (χ4v) is 3.46. The first kappa shape index (κ1) is 18.5. The maximum absolute atomic E-state index is 12.5. The third-order valence-electron chi connectivity index (χ3n) is 4.73. The summed E-state index contributed by atoms with van der Waals surface area (Å²) in [5.74, 6) is -1.11. The van der Waals surface area contributed by atoms with Crippen molar-refractivity contribution in [2.75, 3.05) is 11.4 Å². The SMILES string of the molecule is NC1CCC(C(=O)NC2CCN(c3cccc(OC(F)(F)F)c3)C2=O)C1. The number of alkyl halides is 3. The van der Waals surface area contributed by atoms with Crippen LogP contribution in [-0.4, -0.2) is 36.8 Å². The van der Waals surface area contributed by atoms with Gasteiger partial charge in [0.15, 0.2) is 0 Å². The average molecular weight is 371 g/mol. The molecule has 2 aliphatic rings. The number of nitrogens with zero attached hydrogens (tertiary/aromatic N) is 1. The topological polar surface area (TPSA) is 84.7 Å². The Bertz CT molecular complexity index is 695. The molecule has 0 radical (unpaired) electrons. The summed E-state index contributed by atoms with van der Waals surface area (Å²) in [4.78, 5) is 26.2. The number of anilines is 1. The third kappa shape index (κ3) is 4.27. The molecular formula is C17H20F3N3O3. The zero-order chi connectivity index (χ0) is 18.9. The Kier molecular flexibility index (Phi) is 5.08. The van der Waals surface area contributed by atoms with Crippen LogP contribution in [0.4, 0.5) is 18.9 Å². The van der Waals surface area contributed by atoms with Gasteiger partial charge in [0.05, 0.1) is 0 Å². The highest BCUT2D eigenvalue weighted by Crippen LogP contribution is 2.29. The van der Waals surface area contributed by atoms with Gasteiger partial charge in [-0.2, -0.15) is 0 Å². The van der Waals surface area contributed by atoms with Crippen LogP contribution in [0.15, 0.2) is 24.3 Å². The van der Waals surface area contributed by atoms with Gasteiger partial charge < -0.3 is 20.7 Å². The highest BCUT2D eigenvalue weighted by molar-refractivity contribution is 6.01. The van der Waals surface area contributed by atoms with Crippen molar-refractivity contribution >= 4 is 17.5 Å². The fraction of sp³-hybridized carbons (Fsp3) is 0.529. The molecule has 1 aliphatic carbocycles. The number of carbonyl (C=O) groups is 2. The van der Waals surface area contributed by atoms with E-state index in [1.54, 1.807) is 0 Å². The number of ether oxygens (including phenoxy) is 1. The molecule has 3 rings (SSSR count). The van der Waals surface area contributed by atoms with Gasteiger partial charge in [-0.15, -0.1) is 13.2 Å². The summed E-state index contributed by atoms with van der Waals surface area (Å²) in [6.07, 6.45) is -2.31. The van der Waals surface area contributed by atoms with Gasteiger partial charge in [-0.05, 0) is 37.8 Å². The van der Waals surface area contributed by atoms with Gasteiger partial charge in [-0.25, -0.2) is 0 Å². The molecule has 1 aromatic carbocycles. The van der Waals surface area contributed by atoms with E-state index in [0.29, 0.717) is 31.5 Å². The van der Waals surface area contributed by atoms with Gasteiger partial charge in [0, 0.05) is 30.3 Å². The summed E-state index contributed by atoms with van der Waals surface area (Å²) in [5.41, 5.74) is 6.11. The summed E-state index contributed by atoms with van der Waals surface area (Å²) in [6, 6.07) is 4.58. The van der Waals surface area contributed by atoms with E-state index < -0.39 is 18.2 Å². The predicted molar refractivity (Wildman–Crippen MR) is 87.3 cm³/mol. The van der Waals surface area contributed by atoms with E-state index >= 15 is 0 Å². The number of halogens is 3. The predicted octanol–water partition coefficient (Wildman–Crippen LogP) is 1.93. The van der Waals surface area contributed by atoms with Crippen molar-refractivity contribution in [3.8, 4) is 5.75 Å². The molecule has 9 heteroatoms. The first-order valence-corrected chi connectivity index (χ1v) is 8.46. The van der Waals surface area contributed by atoms with Crippen LogP contribution in [-0.2, 0) is 9.59 Å². The molecule has 3 atom stereocenters. The Hall–Kier alpha value is -2.29. The van der Waals surface area contributed by atoms with E-state index in [0.717, 1.165) is 12.5 Å². The molecule has 1 heterocycles. The third-order valence-corrected chi connectivity index (χ3v) is 4.73. The highest BCUT2D eigenvalue weighted by atomic mass is 19.4. The van der Waals surface area contributed by atoms with Gasteiger partial charge in [0.25, 0.3) is 0 Å². The molecule has 142 valence electrons. The van der Waals surface area contributed by atoms with Gasteiger partial charge in [-0.3, -0.25) is 9.59 Å². The zero-order valence-electron chi connectivity index (χ0n) is 14.0. The summed E-state index contributed by atoms with van der Waals surface area (Å²) in [7, 11) is 0. The van der Waals surface area contributed by atoms with E-state index in [-0.39, 0.29) is 23.8 Å². The molecule has 1 saturated carbocycles. The van der Waals surface area contributed by atoms with Crippen LogP contribution in [0.1, 0.15) is 25.7 Å². The van der Waals surface area contributed by atoms with Crippen molar-refractivity contribution in [3.05, 3.63) is 24.3 Å². The van der Waals surface area contributed by atoms with Crippen molar-refractivity contribution in [1.82, 2.24) is 5.32 Å². The maximum Gasteiger partial charge on any atom is 0.573 e. The molecular weight excluding hydrogens is 351 g/mol. The van der Waals surface area contributed by atoms with Crippen molar-refractivity contribution < 1.29 is 27.5 Å². The number of carbonyl (C=O) groups excluding carboxylic acids is 2. The second-order valence-corrected chi connectivity index (χ2v) is 6.65. The molecule has 2 amide bonds. The molecule has 1 aromatic rings. The molecule has 1 saturated heterocycles. The number of rotatable bonds is 4. The van der Waals surface area contributed by atoms with E-state index in [4.69, 9.17) is 5.73 Å². The van der Waals surface area contributed by atoms with Crippen LogP contribution in [0, 0.1) is 5.92 Å². The molecule has 3 N–H and O–H groups in total. The second kappa shape index (κ2) is 7.14. The molecule has 0 spiro atoms. The van der Waals surface area contributed by atoms with Crippen LogP contribution >= 0.6 is 0 Å². The van der Waals surface area contributed by atoms with E-state index in [1.165, 1.54) is 23.1 Å². The summed E-state index contributed by atoms with van der Waals surface area (Å²) >= 11 is 0. The molecule has 2 fully saturated rings. The van der Waals surface area contributed by atoms with Gasteiger partial charge in [0.2, 0.25) is 11.8 Å². The number of hydrogen-bond donors (Lipinski definition) is 2. The van der Waals surface area contributed by atoms with E-state index in [2.05, 4.69) is 10.1 Å². The second-order valence-electron chi connectivity index (χ2n) is 6.65. The van der Waals surface area contributed by atoms with E-state index in [1.807, 2.05) is 0 Å². The first-order chi connectivity index (χ1) is 12.2. The number of nitrogens with one attached hydrogen (secondary N) is 1. The zero-order valence-corrected chi connectivity index (χ0v) is 14.0. The summed E-state index contributed by atoms with van der Waals surface area (Å²) in [6.45, 7) is 0.309. The Balaban J connectivity index is 1.64. The molecule has 1 aliphatic heterocycles. The van der Waals surface area contributed by atoms with Crippen molar-refractivity contribution in [1.29, 1.82) is 0 Å².